The lowest BCUT2D eigenvalue weighted by atomic mass is 10.3. The van der Waals surface area contributed by atoms with Gasteiger partial charge in [-0.3, -0.25) is 9.89 Å². The normalized spacial score (nSPS) is 11.8. The highest BCUT2D eigenvalue weighted by Crippen LogP contribution is 2.25. The van der Waals surface area contributed by atoms with Crippen molar-refractivity contribution < 1.29 is 18.0 Å². The molecule has 0 aromatic carbocycles. The lowest BCUT2D eigenvalue weighted by Gasteiger charge is -2.01. The highest BCUT2D eigenvalue weighted by Gasteiger charge is 2.36. The zero-order chi connectivity index (χ0) is 16.6. The molecule has 0 saturated heterocycles. The number of carbonyl (C=O) groups is 1. The summed E-state index contributed by atoms with van der Waals surface area (Å²) < 4.78 is 38.9. The van der Waals surface area contributed by atoms with Crippen molar-refractivity contribution in [1.82, 2.24) is 29.9 Å². The number of aromatic nitrogens is 5. The molecule has 2 N–H and O–H groups in total. The number of H-pyrrole nitrogens is 1. The molecule has 0 spiro atoms. The zero-order valence-electron chi connectivity index (χ0n) is 11.8. The number of rotatable bonds is 3. The molecule has 0 aliphatic carbocycles. The van der Waals surface area contributed by atoms with Crippen molar-refractivity contribution in [1.29, 1.82) is 0 Å². The quantitative estimate of drug-likeness (QED) is 0.768. The molecule has 10 heteroatoms. The van der Waals surface area contributed by atoms with Gasteiger partial charge in [0.2, 0.25) is 0 Å². The first-order chi connectivity index (χ1) is 10.9. The zero-order valence-corrected chi connectivity index (χ0v) is 11.8. The minimum Gasteiger partial charge on any atom is -0.343 e. The maximum Gasteiger partial charge on any atom is 0.453 e. The lowest BCUT2D eigenvalue weighted by molar-refractivity contribution is -0.144. The van der Waals surface area contributed by atoms with Crippen molar-refractivity contribution in [2.75, 3.05) is 0 Å². The van der Waals surface area contributed by atoms with E-state index in [1.165, 1.54) is 0 Å². The Hall–Kier alpha value is -2.91. The summed E-state index contributed by atoms with van der Waals surface area (Å²) in [4.78, 5) is 19.6. The Morgan fingerprint density at radius 1 is 1.35 bits per heavy atom. The van der Waals surface area contributed by atoms with Crippen molar-refractivity contribution in [3.8, 4) is 0 Å². The summed E-state index contributed by atoms with van der Waals surface area (Å²) in [6.07, 6.45) is -2.86. The van der Waals surface area contributed by atoms with Crippen molar-refractivity contribution in [2.45, 2.75) is 19.6 Å². The first-order valence-electron chi connectivity index (χ1n) is 6.56. The Morgan fingerprint density at radius 2 is 2.13 bits per heavy atom. The fourth-order valence-electron chi connectivity index (χ4n) is 2.08. The van der Waals surface area contributed by atoms with Gasteiger partial charge < -0.3 is 9.72 Å². The van der Waals surface area contributed by atoms with Crippen LogP contribution in [0.5, 0.6) is 0 Å². The fourth-order valence-corrected chi connectivity index (χ4v) is 2.08. The number of aryl methyl sites for hydroxylation is 1. The van der Waals surface area contributed by atoms with Gasteiger partial charge in [-0.15, -0.1) is 5.10 Å². The van der Waals surface area contributed by atoms with Crippen LogP contribution in [0.3, 0.4) is 0 Å². The molecule has 0 unspecified atom stereocenters. The van der Waals surface area contributed by atoms with Crippen molar-refractivity contribution in [2.24, 2.45) is 0 Å². The number of aromatic amines is 1. The second-order valence-electron chi connectivity index (χ2n) is 4.76. The Balaban J connectivity index is 1.74. The van der Waals surface area contributed by atoms with Gasteiger partial charge in [-0.2, -0.15) is 13.2 Å². The van der Waals surface area contributed by atoms with Gasteiger partial charge in [0.05, 0.1) is 12.2 Å². The van der Waals surface area contributed by atoms with Gasteiger partial charge in [-0.05, 0) is 19.1 Å². The van der Waals surface area contributed by atoms with Crippen LogP contribution in [0, 0.1) is 6.92 Å². The Labute approximate surface area is 127 Å². The topological polar surface area (TPSA) is 88.0 Å². The smallest absolute Gasteiger partial charge is 0.343 e. The summed E-state index contributed by atoms with van der Waals surface area (Å²) >= 11 is 0. The van der Waals surface area contributed by atoms with E-state index in [-0.39, 0.29) is 18.1 Å². The molecule has 3 rings (SSSR count). The Bertz CT molecular complexity index is 866. The average molecular weight is 324 g/mol. The molecule has 3 aromatic heterocycles. The third-order valence-corrected chi connectivity index (χ3v) is 3.19. The van der Waals surface area contributed by atoms with Gasteiger partial charge in [0.15, 0.2) is 0 Å². The van der Waals surface area contributed by atoms with E-state index in [2.05, 4.69) is 25.5 Å². The molecule has 3 heterocycles. The highest BCUT2D eigenvalue weighted by atomic mass is 19.4. The summed E-state index contributed by atoms with van der Waals surface area (Å²) in [6, 6.07) is 5.34. The van der Waals surface area contributed by atoms with Crippen LogP contribution in [0.25, 0.3) is 5.65 Å². The minimum absolute atomic E-state index is 0.0907. The van der Waals surface area contributed by atoms with Crippen LogP contribution < -0.4 is 5.32 Å². The molecule has 0 aliphatic rings. The van der Waals surface area contributed by atoms with Crippen LogP contribution >= 0.6 is 0 Å². The number of amides is 1. The summed E-state index contributed by atoms with van der Waals surface area (Å²) in [5, 5.41) is 7.66. The van der Waals surface area contributed by atoms with Crippen molar-refractivity contribution in [3.05, 3.63) is 47.4 Å². The molecule has 0 atom stereocenters. The predicted molar refractivity (Wildman–Crippen MR) is 72.5 cm³/mol. The van der Waals surface area contributed by atoms with E-state index in [1.807, 2.05) is 0 Å². The van der Waals surface area contributed by atoms with Crippen LogP contribution in [0.2, 0.25) is 0 Å². The summed E-state index contributed by atoms with van der Waals surface area (Å²) in [5.41, 5.74) is 1.44. The van der Waals surface area contributed by atoms with Crippen molar-refractivity contribution in [3.63, 3.8) is 0 Å². The molecule has 7 nitrogen and oxygen atoms in total. The van der Waals surface area contributed by atoms with Crippen LogP contribution in [0.1, 0.15) is 27.8 Å². The standard InChI is InChI=1S/C13H11F3N6O/c1-7-10(19-9-4-2-3-5-22(7)9)11(23)17-6-8-18-12(21-20-8)13(14,15)16/h2-5H,6H2,1H3,(H,17,23)(H,18,20,21). The number of fused-ring (bicyclic) bond motifs is 1. The summed E-state index contributed by atoms with van der Waals surface area (Å²) in [5.74, 6) is -1.87. The SMILES string of the molecule is Cc1c(C(=O)NCc2nc(C(F)(F)F)n[nH]2)nc2ccccn12. The molecule has 0 aliphatic heterocycles. The van der Waals surface area contributed by atoms with E-state index in [0.717, 1.165) is 0 Å². The highest BCUT2D eigenvalue weighted by molar-refractivity contribution is 5.94. The molecule has 0 fully saturated rings. The number of nitrogens with one attached hydrogen (secondary N) is 2. The summed E-state index contributed by atoms with van der Waals surface area (Å²) in [6.45, 7) is 1.51. The third kappa shape index (κ3) is 2.87. The molecular formula is C13H11F3N6O. The molecule has 0 radical (unpaired) electrons. The van der Waals surface area contributed by atoms with Crippen LogP contribution in [-0.4, -0.2) is 30.5 Å². The number of carbonyl (C=O) groups excluding carboxylic acids is 1. The van der Waals surface area contributed by atoms with Gasteiger partial charge in [0, 0.05) is 6.20 Å². The molecule has 0 bridgehead atoms. The number of hydrogen-bond acceptors (Lipinski definition) is 4. The molecule has 3 aromatic rings. The maximum atomic E-state index is 12.4. The number of pyridine rings is 1. The molecule has 120 valence electrons. The first-order valence-corrected chi connectivity index (χ1v) is 6.56. The molecular weight excluding hydrogens is 313 g/mol. The van der Waals surface area contributed by atoms with E-state index in [1.54, 1.807) is 35.7 Å². The van der Waals surface area contributed by atoms with Crippen LogP contribution in [-0.2, 0) is 12.7 Å². The number of nitrogens with zero attached hydrogens (tertiary/aromatic N) is 4. The fraction of sp³-hybridized carbons (Fsp3) is 0.231. The monoisotopic (exact) mass is 324 g/mol. The first kappa shape index (κ1) is 15.0. The van der Waals surface area contributed by atoms with E-state index < -0.39 is 17.9 Å². The van der Waals surface area contributed by atoms with Gasteiger partial charge in [0.1, 0.15) is 17.2 Å². The van der Waals surface area contributed by atoms with Gasteiger partial charge >= 0.3 is 6.18 Å². The maximum absolute atomic E-state index is 12.4. The number of imidazole rings is 1. The third-order valence-electron chi connectivity index (χ3n) is 3.19. The number of hydrogen-bond donors (Lipinski definition) is 2. The Kier molecular flexibility index (Phi) is 3.51. The molecule has 0 saturated carbocycles. The number of alkyl halides is 3. The van der Waals surface area contributed by atoms with Gasteiger partial charge in [-0.25, -0.2) is 9.97 Å². The minimum atomic E-state index is -4.63. The molecule has 23 heavy (non-hydrogen) atoms. The lowest BCUT2D eigenvalue weighted by Crippen LogP contribution is -2.24. The Morgan fingerprint density at radius 3 is 2.78 bits per heavy atom. The van der Waals surface area contributed by atoms with Gasteiger partial charge in [0.25, 0.3) is 11.7 Å². The largest absolute Gasteiger partial charge is 0.453 e. The second-order valence-corrected chi connectivity index (χ2v) is 4.76. The molecule has 1 amide bonds. The van der Waals surface area contributed by atoms with E-state index in [9.17, 15) is 18.0 Å². The average Bonchev–Trinajstić information content (AvgIpc) is 3.10. The van der Waals surface area contributed by atoms with Gasteiger partial charge in [-0.1, -0.05) is 6.07 Å². The van der Waals surface area contributed by atoms with E-state index in [0.29, 0.717) is 11.3 Å². The van der Waals surface area contributed by atoms with Crippen molar-refractivity contribution >= 4 is 11.6 Å². The van der Waals surface area contributed by atoms with Crippen LogP contribution in [0.15, 0.2) is 24.4 Å². The van der Waals surface area contributed by atoms with E-state index >= 15 is 0 Å². The second kappa shape index (κ2) is 5.38. The predicted octanol–water partition coefficient (Wildman–Crippen LogP) is 1.71. The van der Waals surface area contributed by atoms with E-state index in [4.69, 9.17) is 0 Å². The van der Waals surface area contributed by atoms with Crippen LogP contribution in [0.4, 0.5) is 13.2 Å². The summed E-state index contributed by atoms with van der Waals surface area (Å²) in [7, 11) is 0. The number of halogens is 3.